The van der Waals surface area contributed by atoms with Gasteiger partial charge < -0.3 is 0 Å². The maximum Gasteiger partial charge on any atom is 0.0647 e. The van der Waals surface area contributed by atoms with Crippen molar-refractivity contribution in [2.45, 2.75) is 45.4 Å². The van der Waals surface area contributed by atoms with Gasteiger partial charge in [0.15, 0.2) is 0 Å². The van der Waals surface area contributed by atoms with Crippen molar-refractivity contribution in [3.8, 4) is 0 Å². The van der Waals surface area contributed by atoms with Crippen molar-refractivity contribution >= 4 is 15.9 Å². The Labute approximate surface area is 131 Å². The molecule has 0 saturated carbocycles. The third-order valence-corrected chi connectivity index (χ3v) is 5.23. The summed E-state index contributed by atoms with van der Waals surface area (Å²) in [7, 11) is 0. The largest absolute Gasteiger partial charge is 0.0786 e. The second kappa shape index (κ2) is 6.58. The Hall–Kier alpha value is -1.08. The van der Waals surface area contributed by atoms with E-state index in [1.165, 1.54) is 33.4 Å². The molecule has 0 nitrogen and oxygen atoms in total. The van der Waals surface area contributed by atoms with E-state index in [-0.39, 0.29) is 4.83 Å². The molecule has 2 rings (SSSR count). The van der Waals surface area contributed by atoms with Gasteiger partial charge in [-0.3, -0.25) is 0 Å². The summed E-state index contributed by atoms with van der Waals surface area (Å²) in [6.07, 6.45) is 2.21. The Kier molecular flexibility index (Phi) is 5.04. The minimum atomic E-state index is 0.276. The minimum absolute atomic E-state index is 0.276. The van der Waals surface area contributed by atoms with Crippen molar-refractivity contribution in [3.05, 3.63) is 69.8 Å². The van der Waals surface area contributed by atoms with E-state index in [1.807, 2.05) is 0 Å². The minimum Gasteiger partial charge on any atom is -0.0786 e. The molecule has 0 aromatic heterocycles. The van der Waals surface area contributed by atoms with Crippen molar-refractivity contribution < 1.29 is 0 Å². The lowest BCUT2D eigenvalue weighted by Crippen LogP contribution is -2.00. The molecule has 1 heteroatoms. The van der Waals surface area contributed by atoms with Crippen LogP contribution in [0.4, 0.5) is 0 Å². The summed E-state index contributed by atoms with van der Waals surface area (Å²) in [5, 5.41) is 0. The molecule has 0 heterocycles. The van der Waals surface area contributed by atoms with Crippen LogP contribution in [-0.4, -0.2) is 0 Å². The van der Waals surface area contributed by atoms with Gasteiger partial charge in [-0.25, -0.2) is 0 Å². The topological polar surface area (TPSA) is 0 Å². The highest BCUT2D eigenvalue weighted by Gasteiger charge is 2.14. The highest BCUT2D eigenvalue weighted by Crippen LogP contribution is 2.34. The Balaban J connectivity index is 2.43. The zero-order chi connectivity index (χ0) is 14.7. The van der Waals surface area contributed by atoms with E-state index in [1.54, 1.807) is 0 Å². The quantitative estimate of drug-likeness (QED) is 0.611. The zero-order valence-electron chi connectivity index (χ0n) is 12.8. The van der Waals surface area contributed by atoms with Crippen LogP contribution in [0.15, 0.2) is 36.4 Å². The fraction of sp³-hybridized carbons (Fsp3) is 0.368. The van der Waals surface area contributed by atoms with E-state index in [0.717, 1.165) is 12.8 Å². The highest BCUT2D eigenvalue weighted by molar-refractivity contribution is 9.09. The summed E-state index contributed by atoms with van der Waals surface area (Å²) in [5.41, 5.74) is 8.40. The second-order valence-corrected chi connectivity index (χ2v) is 6.30. The smallest absolute Gasteiger partial charge is 0.0647 e. The van der Waals surface area contributed by atoms with E-state index < -0.39 is 0 Å². The van der Waals surface area contributed by atoms with Crippen LogP contribution in [0.25, 0.3) is 0 Å². The normalized spacial score (nSPS) is 12.4. The maximum absolute atomic E-state index is 3.89. The van der Waals surface area contributed by atoms with Gasteiger partial charge in [-0.2, -0.15) is 0 Å². The van der Waals surface area contributed by atoms with Gasteiger partial charge >= 0.3 is 0 Å². The van der Waals surface area contributed by atoms with Crippen LogP contribution >= 0.6 is 15.9 Å². The predicted molar refractivity (Wildman–Crippen MR) is 91.9 cm³/mol. The van der Waals surface area contributed by atoms with Gasteiger partial charge in [0, 0.05) is 0 Å². The van der Waals surface area contributed by atoms with Crippen molar-refractivity contribution in [2.24, 2.45) is 0 Å². The molecule has 0 bridgehead atoms. The number of alkyl halides is 1. The van der Waals surface area contributed by atoms with E-state index in [0.29, 0.717) is 0 Å². The molecule has 0 amide bonds. The fourth-order valence-electron chi connectivity index (χ4n) is 2.71. The lowest BCUT2D eigenvalue weighted by atomic mass is 9.94. The molecule has 1 atom stereocenters. The molecule has 0 N–H and O–H groups in total. The van der Waals surface area contributed by atoms with Gasteiger partial charge in [-0.05, 0) is 60.1 Å². The van der Waals surface area contributed by atoms with Gasteiger partial charge in [-0.15, -0.1) is 0 Å². The maximum atomic E-state index is 3.89. The molecule has 0 aliphatic heterocycles. The molecule has 0 spiro atoms. The third-order valence-electron chi connectivity index (χ3n) is 4.20. The predicted octanol–water partition coefficient (Wildman–Crippen LogP) is 5.91. The van der Waals surface area contributed by atoms with Crippen LogP contribution in [0.2, 0.25) is 0 Å². The average Bonchev–Trinajstić information content (AvgIpc) is 2.48. The number of rotatable bonds is 4. The first-order valence-electron chi connectivity index (χ1n) is 7.40. The Bertz CT molecular complexity index is 599. The molecular formula is C19H23Br. The van der Waals surface area contributed by atoms with E-state index in [4.69, 9.17) is 0 Å². The SMILES string of the molecule is CCc1ccc(C(Br)c2cccc(C)c2C)cc1CC. The van der Waals surface area contributed by atoms with Crippen molar-refractivity contribution in [2.75, 3.05) is 0 Å². The summed E-state index contributed by atoms with van der Waals surface area (Å²) < 4.78 is 0. The fourth-order valence-corrected chi connectivity index (χ4v) is 3.49. The van der Waals surface area contributed by atoms with Gasteiger partial charge in [0.25, 0.3) is 0 Å². The Morgan fingerprint density at radius 2 is 1.65 bits per heavy atom. The van der Waals surface area contributed by atoms with Crippen LogP contribution in [0.1, 0.15) is 52.1 Å². The number of aryl methyl sites for hydroxylation is 3. The summed E-state index contributed by atoms with van der Waals surface area (Å²) in [6, 6.07) is 13.5. The molecular weight excluding hydrogens is 308 g/mol. The van der Waals surface area contributed by atoms with E-state index in [2.05, 4.69) is 80.0 Å². The Morgan fingerprint density at radius 1 is 0.950 bits per heavy atom. The van der Waals surface area contributed by atoms with Crippen molar-refractivity contribution in [3.63, 3.8) is 0 Å². The van der Waals surface area contributed by atoms with Crippen LogP contribution in [0.3, 0.4) is 0 Å². The van der Waals surface area contributed by atoms with Crippen LogP contribution in [-0.2, 0) is 12.8 Å². The molecule has 0 radical (unpaired) electrons. The van der Waals surface area contributed by atoms with Gasteiger partial charge in [0.1, 0.15) is 0 Å². The first-order valence-corrected chi connectivity index (χ1v) is 8.31. The number of benzene rings is 2. The van der Waals surface area contributed by atoms with Crippen molar-refractivity contribution in [1.29, 1.82) is 0 Å². The van der Waals surface area contributed by atoms with E-state index in [9.17, 15) is 0 Å². The van der Waals surface area contributed by atoms with Gasteiger partial charge in [0.05, 0.1) is 4.83 Å². The summed E-state index contributed by atoms with van der Waals surface area (Å²) >= 11 is 3.89. The molecule has 2 aromatic carbocycles. The van der Waals surface area contributed by atoms with Crippen LogP contribution in [0.5, 0.6) is 0 Å². The van der Waals surface area contributed by atoms with E-state index >= 15 is 0 Å². The molecule has 0 fully saturated rings. The Morgan fingerprint density at radius 3 is 2.30 bits per heavy atom. The molecule has 106 valence electrons. The first kappa shape index (κ1) is 15.3. The summed E-state index contributed by atoms with van der Waals surface area (Å²) in [4.78, 5) is 0.276. The molecule has 20 heavy (non-hydrogen) atoms. The van der Waals surface area contributed by atoms with Crippen molar-refractivity contribution in [1.82, 2.24) is 0 Å². The van der Waals surface area contributed by atoms with Gasteiger partial charge in [-0.1, -0.05) is 66.2 Å². The lowest BCUT2D eigenvalue weighted by molar-refractivity contribution is 1.02. The molecule has 2 aromatic rings. The lowest BCUT2D eigenvalue weighted by Gasteiger charge is -2.17. The molecule has 0 aliphatic rings. The standard InChI is InChI=1S/C19H23Br/c1-5-15-10-11-17(12-16(15)6-2)19(20)18-9-7-8-13(3)14(18)4/h7-12,19H,5-6H2,1-4H3. The second-order valence-electron chi connectivity index (χ2n) is 5.39. The zero-order valence-corrected chi connectivity index (χ0v) is 14.4. The number of hydrogen-bond donors (Lipinski definition) is 0. The van der Waals surface area contributed by atoms with Crippen LogP contribution < -0.4 is 0 Å². The summed E-state index contributed by atoms with van der Waals surface area (Å²) in [5.74, 6) is 0. The molecule has 1 unspecified atom stereocenters. The highest BCUT2D eigenvalue weighted by atomic mass is 79.9. The molecule has 0 saturated heterocycles. The number of halogens is 1. The average molecular weight is 331 g/mol. The van der Waals surface area contributed by atoms with Crippen LogP contribution in [0, 0.1) is 13.8 Å². The number of hydrogen-bond acceptors (Lipinski definition) is 0. The summed E-state index contributed by atoms with van der Waals surface area (Å²) in [6.45, 7) is 8.85. The van der Waals surface area contributed by atoms with Gasteiger partial charge in [0.2, 0.25) is 0 Å². The monoisotopic (exact) mass is 330 g/mol. The third kappa shape index (κ3) is 2.98. The molecule has 0 aliphatic carbocycles. The first-order chi connectivity index (χ1) is 9.58.